The highest BCUT2D eigenvalue weighted by molar-refractivity contribution is 6.31. The van der Waals surface area contributed by atoms with Gasteiger partial charge < -0.3 is 14.6 Å². The van der Waals surface area contributed by atoms with Crippen molar-refractivity contribution in [1.29, 1.82) is 0 Å². The molecule has 1 amide bonds. The van der Waals surface area contributed by atoms with Gasteiger partial charge in [-0.2, -0.15) is 0 Å². The number of aryl methyl sites for hydroxylation is 1. The molecule has 0 spiro atoms. The Hall–Kier alpha value is -2.34. The van der Waals surface area contributed by atoms with Crippen LogP contribution in [-0.2, 0) is 11.3 Å². The van der Waals surface area contributed by atoms with Crippen molar-refractivity contribution in [3.63, 3.8) is 0 Å². The topological polar surface area (TPSA) is 73.2 Å². The van der Waals surface area contributed by atoms with E-state index in [-0.39, 0.29) is 24.5 Å². The maximum absolute atomic E-state index is 12.2. The standard InChI is InChI=1S/C17H20ClN3O3/c1-24-16-5-3-13(18)11-14(16)15(22)4-6-17(23)20-7-2-9-21-10-8-19-12-21/h3,5,8,10-12H,2,4,6-7,9H2,1H3,(H,20,23). The Kier molecular flexibility index (Phi) is 6.81. The number of hydrogen-bond donors (Lipinski definition) is 1. The number of benzene rings is 1. The molecule has 0 aliphatic rings. The van der Waals surface area contributed by atoms with Gasteiger partial charge in [0.15, 0.2) is 5.78 Å². The lowest BCUT2D eigenvalue weighted by Crippen LogP contribution is -2.25. The van der Waals surface area contributed by atoms with Gasteiger partial charge in [0.2, 0.25) is 5.91 Å². The number of amides is 1. The summed E-state index contributed by atoms with van der Waals surface area (Å²) in [4.78, 5) is 28.0. The summed E-state index contributed by atoms with van der Waals surface area (Å²) in [7, 11) is 1.49. The van der Waals surface area contributed by atoms with Gasteiger partial charge in [-0.1, -0.05) is 11.6 Å². The average Bonchev–Trinajstić information content (AvgIpc) is 3.10. The molecule has 0 aliphatic carbocycles. The van der Waals surface area contributed by atoms with Gasteiger partial charge in [-0.25, -0.2) is 4.98 Å². The first kappa shape index (κ1) is 18.0. The summed E-state index contributed by atoms with van der Waals surface area (Å²) in [6.45, 7) is 1.35. The number of nitrogens with zero attached hydrogens (tertiary/aromatic N) is 2. The van der Waals surface area contributed by atoms with Gasteiger partial charge >= 0.3 is 0 Å². The molecule has 0 unspecified atom stereocenters. The van der Waals surface area contributed by atoms with Crippen molar-refractivity contribution in [3.05, 3.63) is 47.5 Å². The predicted octanol–water partition coefficient (Wildman–Crippen LogP) is 2.71. The zero-order chi connectivity index (χ0) is 17.4. The second-order valence-electron chi connectivity index (χ2n) is 5.27. The maximum atomic E-state index is 12.2. The minimum atomic E-state index is -0.164. The molecule has 2 aromatic rings. The van der Waals surface area contributed by atoms with E-state index < -0.39 is 0 Å². The van der Waals surface area contributed by atoms with Crippen molar-refractivity contribution in [2.24, 2.45) is 0 Å². The second kappa shape index (κ2) is 9.08. The predicted molar refractivity (Wildman–Crippen MR) is 91.4 cm³/mol. The number of carbonyl (C=O) groups excluding carboxylic acids is 2. The number of methoxy groups -OCH3 is 1. The van der Waals surface area contributed by atoms with Crippen LogP contribution in [0.15, 0.2) is 36.9 Å². The van der Waals surface area contributed by atoms with E-state index in [1.54, 1.807) is 30.7 Å². The first-order valence-corrected chi connectivity index (χ1v) is 8.07. The third-order valence-corrected chi connectivity index (χ3v) is 3.75. The highest BCUT2D eigenvalue weighted by Crippen LogP contribution is 2.24. The van der Waals surface area contributed by atoms with E-state index in [1.807, 2.05) is 10.8 Å². The zero-order valence-electron chi connectivity index (χ0n) is 13.5. The molecular weight excluding hydrogens is 330 g/mol. The SMILES string of the molecule is COc1ccc(Cl)cc1C(=O)CCC(=O)NCCCn1ccnc1. The monoisotopic (exact) mass is 349 g/mol. The Morgan fingerprint density at radius 2 is 2.17 bits per heavy atom. The van der Waals surface area contributed by atoms with Crippen LogP contribution in [0.2, 0.25) is 5.02 Å². The van der Waals surface area contributed by atoms with Crippen molar-refractivity contribution in [1.82, 2.24) is 14.9 Å². The number of hydrogen-bond acceptors (Lipinski definition) is 4. The molecule has 0 saturated carbocycles. The highest BCUT2D eigenvalue weighted by Gasteiger charge is 2.14. The molecule has 7 heteroatoms. The lowest BCUT2D eigenvalue weighted by atomic mass is 10.1. The number of Topliss-reactive ketones (excluding diaryl/α,β-unsaturated/α-hetero) is 1. The number of ketones is 1. The fraction of sp³-hybridized carbons (Fsp3) is 0.353. The highest BCUT2D eigenvalue weighted by atomic mass is 35.5. The van der Waals surface area contributed by atoms with Crippen molar-refractivity contribution >= 4 is 23.3 Å². The molecule has 0 atom stereocenters. The van der Waals surface area contributed by atoms with E-state index >= 15 is 0 Å². The minimum Gasteiger partial charge on any atom is -0.496 e. The van der Waals surface area contributed by atoms with Crippen LogP contribution >= 0.6 is 11.6 Å². The number of imidazole rings is 1. The minimum absolute atomic E-state index is 0.115. The van der Waals surface area contributed by atoms with Crippen LogP contribution in [0.25, 0.3) is 0 Å². The molecule has 0 radical (unpaired) electrons. The van der Waals surface area contributed by atoms with Crippen LogP contribution in [-0.4, -0.2) is 34.9 Å². The molecule has 1 heterocycles. The van der Waals surface area contributed by atoms with Gasteiger partial charge in [-0.3, -0.25) is 9.59 Å². The molecule has 6 nitrogen and oxygen atoms in total. The quantitative estimate of drug-likeness (QED) is 0.558. The third-order valence-electron chi connectivity index (χ3n) is 3.52. The number of nitrogens with one attached hydrogen (secondary N) is 1. The van der Waals surface area contributed by atoms with Crippen molar-refractivity contribution in [3.8, 4) is 5.75 Å². The van der Waals surface area contributed by atoms with Crippen molar-refractivity contribution in [2.45, 2.75) is 25.8 Å². The largest absolute Gasteiger partial charge is 0.496 e. The molecule has 128 valence electrons. The van der Waals surface area contributed by atoms with Crippen molar-refractivity contribution < 1.29 is 14.3 Å². The molecule has 1 N–H and O–H groups in total. The van der Waals surface area contributed by atoms with E-state index in [4.69, 9.17) is 16.3 Å². The molecule has 2 rings (SSSR count). The summed E-state index contributed by atoms with van der Waals surface area (Å²) >= 11 is 5.91. The second-order valence-corrected chi connectivity index (χ2v) is 5.71. The Morgan fingerprint density at radius 1 is 1.33 bits per heavy atom. The van der Waals surface area contributed by atoms with Gasteiger partial charge in [0.1, 0.15) is 5.75 Å². The lowest BCUT2D eigenvalue weighted by molar-refractivity contribution is -0.121. The smallest absolute Gasteiger partial charge is 0.220 e. The molecule has 1 aromatic carbocycles. The summed E-state index contributed by atoms with van der Waals surface area (Å²) in [6.07, 6.45) is 6.38. The van der Waals surface area contributed by atoms with Crippen LogP contribution in [0.3, 0.4) is 0 Å². The summed E-state index contributed by atoms with van der Waals surface area (Å²) < 4.78 is 7.10. The molecule has 0 fully saturated rings. The zero-order valence-corrected chi connectivity index (χ0v) is 14.3. The maximum Gasteiger partial charge on any atom is 0.220 e. The number of rotatable bonds is 9. The number of carbonyl (C=O) groups is 2. The lowest BCUT2D eigenvalue weighted by Gasteiger charge is -2.08. The number of halogens is 1. The van der Waals surface area contributed by atoms with Gasteiger partial charge in [-0.15, -0.1) is 0 Å². The molecule has 0 bridgehead atoms. The van der Waals surface area contributed by atoms with E-state index in [0.29, 0.717) is 22.9 Å². The number of ether oxygens (including phenoxy) is 1. The van der Waals surface area contributed by atoms with Crippen LogP contribution < -0.4 is 10.1 Å². The summed E-state index contributed by atoms with van der Waals surface area (Å²) in [5, 5.41) is 3.27. The molecule has 0 aliphatic heterocycles. The third kappa shape index (κ3) is 5.38. The Morgan fingerprint density at radius 3 is 2.88 bits per heavy atom. The Bertz CT molecular complexity index is 686. The van der Waals surface area contributed by atoms with Gasteiger partial charge in [-0.05, 0) is 24.6 Å². The van der Waals surface area contributed by atoms with Gasteiger partial charge in [0.05, 0.1) is 19.0 Å². The van der Waals surface area contributed by atoms with E-state index in [0.717, 1.165) is 13.0 Å². The Labute approximate surface area is 145 Å². The first-order chi connectivity index (χ1) is 11.6. The van der Waals surface area contributed by atoms with E-state index in [2.05, 4.69) is 10.3 Å². The number of aromatic nitrogens is 2. The van der Waals surface area contributed by atoms with Crippen LogP contribution in [0, 0.1) is 0 Å². The first-order valence-electron chi connectivity index (χ1n) is 7.69. The van der Waals surface area contributed by atoms with Crippen LogP contribution in [0.4, 0.5) is 0 Å². The normalized spacial score (nSPS) is 10.4. The Balaban J connectivity index is 1.73. The fourth-order valence-corrected chi connectivity index (χ4v) is 2.43. The van der Waals surface area contributed by atoms with Gasteiger partial charge in [0, 0.05) is 43.3 Å². The molecule has 24 heavy (non-hydrogen) atoms. The van der Waals surface area contributed by atoms with E-state index in [9.17, 15) is 9.59 Å². The average molecular weight is 350 g/mol. The summed E-state index contributed by atoms with van der Waals surface area (Å²) in [5.41, 5.74) is 0.401. The summed E-state index contributed by atoms with van der Waals surface area (Å²) in [6, 6.07) is 4.86. The molecule has 0 saturated heterocycles. The van der Waals surface area contributed by atoms with Gasteiger partial charge in [0.25, 0.3) is 0 Å². The molecule has 1 aromatic heterocycles. The molecular formula is C17H20ClN3O3. The van der Waals surface area contributed by atoms with Crippen LogP contribution in [0.1, 0.15) is 29.6 Å². The summed E-state index contributed by atoms with van der Waals surface area (Å²) in [5.74, 6) is 0.156. The fourth-order valence-electron chi connectivity index (χ4n) is 2.26. The van der Waals surface area contributed by atoms with Crippen LogP contribution in [0.5, 0.6) is 5.75 Å². The van der Waals surface area contributed by atoms with Crippen molar-refractivity contribution in [2.75, 3.05) is 13.7 Å². The van der Waals surface area contributed by atoms with E-state index in [1.165, 1.54) is 7.11 Å².